The van der Waals surface area contributed by atoms with Crippen molar-refractivity contribution in [3.8, 4) is 5.75 Å². The number of phenolic OH excluding ortho intramolecular Hbond substituents is 1. The van der Waals surface area contributed by atoms with Gasteiger partial charge in [0, 0.05) is 0 Å². The summed E-state index contributed by atoms with van der Waals surface area (Å²) in [6.07, 6.45) is 13.2. The zero-order valence-corrected chi connectivity index (χ0v) is 15.1. The van der Waals surface area contributed by atoms with Gasteiger partial charge in [0.05, 0.1) is 0 Å². The smallest absolute Gasteiger partial charge is 0.115 e. The van der Waals surface area contributed by atoms with E-state index < -0.39 is 0 Å². The number of phenols is 1. The summed E-state index contributed by atoms with van der Waals surface area (Å²) in [5, 5.41) is 9.33. The summed E-state index contributed by atoms with van der Waals surface area (Å²) in [7, 11) is 0. The van der Waals surface area contributed by atoms with Gasteiger partial charge in [0.1, 0.15) is 5.75 Å². The van der Waals surface area contributed by atoms with E-state index in [1.54, 1.807) is 12.1 Å². The molecule has 0 aliphatic rings. The summed E-state index contributed by atoms with van der Waals surface area (Å²) in [6.45, 7) is 2.27. The molecule has 0 amide bonds. The lowest BCUT2D eigenvalue weighted by Gasteiger charge is -2.06. The van der Waals surface area contributed by atoms with Crippen LogP contribution in [0.5, 0.6) is 5.75 Å². The van der Waals surface area contributed by atoms with E-state index >= 15 is 0 Å². The van der Waals surface area contributed by atoms with Crippen molar-refractivity contribution < 1.29 is 5.11 Å². The second kappa shape index (κ2) is 10.9. The van der Waals surface area contributed by atoms with Gasteiger partial charge in [-0.3, -0.25) is 0 Å². The number of hydrogen-bond donors (Lipinski definition) is 1. The number of unbranched alkanes of at least 4 members (excludes halogenated alkanes) is 7. The lowest BCUT2D eigenvalue weighted by molar-refractivity contribution is 0.475. The van der Waals surface area contributed by atoms with Gasteiger partial charge in [-0.2, -0.15) is 0 Å². The quantitative estimate of drug-likeness (QED) is 0.458. The van der Waals surface area contributed by atoms with Crippen LogP contribution in [0.4, 0.5) is 0 Å². The van der Waals surface area contributed by atoms with Gasteiger partial charge >= 0.3 is 0 Å². The van der Waals surface area contributed by atoms with E-state index in [1.165, 1.54) is 74.5 Å². The van der Waals surface area contributed by atoms with Crippen molar-refractivity contribution in [2.75, 3.05) is 0 Å². The number of aryl methyl sites for hydroxylation is 1. The third-order valence-electron chi connectivity index (χ3n) is 4.69. The minimum absolute atomic E-state index is 0.333. The fourth-order valence-electron chi connectivity index (χ4n) is 3.14. The first-order valence-electron chi connectivity index (χ1n) is 9.63. The molecule has 0 aromatic heterocycles. The van der Waals surface area contributed by atoms with Gasteiger partial charge < -0.3 is 5.11 Å². The van der Waals surface area contributed by atoms with Crippen LogP contribution in [0.3, 0.4) is 0 Å². The van der Waals surface area contributed by atoms with Crippen LogP contribution in [0, 0.1) is 0 Å². The molecular formula is C23H32O. The monoisotopic (exact) mass is 324 g/mol. The van der Waals surface area contributed by atoms with Crippen molar-refractivity contribution in [2.45, 2.75) is 71.1 Å². The van der Waals surface area contributed by atoms with Gasteiger partial charge in [-0.25, -0.2) is 0 Å². The molecule has 130 valence electrons. The van der Waals surface area contributed by atoms with Crippen LogP contribution in [-0.4, -0.2) is 5.11 Å². The van der Waals surface area contributed by atoms with Gasteiger partial charge in [-0.15, -0.1) is 0 Å². The predicted molar refractivity (Wildman–Crippen MR) is 104 cm³/mol. The van der Waals surface area contributed by atoms with Crippen molar-refractivity contribution in [3.05, 3.63) is 65.2 Å². The highest BCUT2D eigenvalue weighted by Gasteiger charge is 1.99. The predicted octanol–water partition coefficient (Wildman–Crippen LogP) is 6.67. The third kappa shape index (κ3) is 7.21. The molecule has 2 rings (SSSR count). The first kappa shape index (κ1) is 18.6. The first-order valence-corrected chi connectivity index (χ1v) is 9.63. The Morgan fingerprint density at radius 3 is 1.62 bits per heavy atom. The molecule has 0 unspecified atom stereocenters. The Balaban J connectivity index is 1.64. The second-order valence-electron chi connectivity index (χ2n) is 6.88. The van der Waals surface area contributed by atoms with Crippen molar-refractivity contribution in [3.63, 3.8) is 0 Å². The molecule has 2 aromatic rings. The Labute approximate surface area is 147 Å². The molecule has 0 bridgehead atoms. The normalized spacial score (nSPS) is 10.9. The molecule has 0 heterocycles. The summed E-state index contributed by atoms with van der Waals surface area (Å²) in [5.74, 6) is 0.333. The molecule has 0 radical (unpaired) electrons. The minimum Gasteiger partial charge on any atom is -0.508 e. The van der Waals surface area contributed by atoms with Gasteiger partial charge in [-0.1, -0.05) is 88.3 Å². The van der Waals surface area contributed by atoms with Crippen LogP contribution in [0.2, 0.25) is 0 Å². The van der Waals surface area contributed by atoms with Gasteiger partial charge in [0.25, 0.3) is 0 Å². The van der Waals surface area contributed by atoms with E-state index in [1.807, 2.05) is 12.1 Å². The molecule has 0 atom stereocenters. The lowest BCUT2D eigenvalue weighted by Crippen LogP contribution is -1.90. The molecule has 0 saturated heterocycles. The largest absolute Gasteiger partial charge is 0.508 e. The molecule has 0 aliphatic carbocycles. The van der Waals surface area contributed by atoms with E-state index in [4.69, 9.17) is 0 Å². The Hall–Kier alpha value is -1.76. The molecular weight excluding hydrogens is 292 g/mol. The van der Waals surface area contributed by atoms with Crippen molar-refractivity contribution in [1.29, 1.82) is 0 Å². The van der Waals surface area contributed by atoms with Crippen LogP contribution < -0.4 is 0 Å². The maximum atomic E-state index is 9.33. The van der Waals surface area contributed by atoms with Crippen LogP contribution in [0.15, 0.2) is 48.5 Å². The van der Waals surface area contributed by atoms with Crippen molar-refractivity contribution >= 4 is 0 Å². The molecule has 1 N–H and O–H groups in total. The lowest BCUT2D eigenvalue weighted by atomic mass is 10.0. The molecule has 1 nitrogen and oxygen atoms in total. The third-order valence-corrected chi connectivity index (χ3v) is 4.69. The van der Waals surface area contributed by atoms with Crippen LogP contribution in [0.25, 0.3) is 0 Å². The van der Waals surface area contributed by atoms with Crippen molar-refractivity contribution in [1.82, 2.24) is 0 Å². The number of hydrogen-bond acceptors (Lipinski definition) is 1. The standard InChI is InChI=1S/C23H32O/c1-2-3-4-5-6-7-8-9-10-20-11-13-21(14-12-20)19-22-15-17-23(24)18-16-22/h11-18,24H,2-10,19H2,1H3. The molecule has 24 heavy (non-hydrogen) atoms. The Bertz CT molecular complexity index is 554. The highest BCUT2D eigenvalue weighted by molar-refractivity contribution is 5.32. The Morgan fingerprint density at radius 1 is 0.583 bits per heavy atom. The molecule has 2 aromatic carbocycles. The summed E-state index contributed by atoms with van der Waals surface area (Å²) < 4.78 is 0. The second-order valence-corrected chi connectivity index (χ2v) is 6.88. The summed E-state index contributed by atoms with van der Waals surface area (Å²) >= 11 is 0. The average molecular weight is 325 g/mol. The SMILES string of the molecule is CCCCCCCCCCc1ccc(Cc2ccc(O)cc2)cc1. The highest BCUT2D eigenvalue weighted by atomic mass is 16.3. The van der Waals surface area contributed by atoms with E-state index in [2.05, 4.69) is 31.2 Å². The molecule has 0 spiro atoms. The molecule has 0 fully saturated rings. The number of rotatable bonds is 11. The first-order chi connectivity index (χ1) is 11.8. The molecule has 1 heteroatoms. The Morgan fingerprint density at radius 2 is 1.04 bits per heavy atom. The van der Waals surface area contributed by atoms with Crippen LogP contribution in [-0.2, 0) is 12.8 Å². The van der Waals surface area contributed by atoms with E-state index in [-0.39, 0.29) is 0 Å². The topological polar surface area (TPSA) is 20.2 Å². The summed E-state index contributed by atoms with van der Waals surface area (Å²) in [6, 6.07) is 16.5. The fourth-order valence-corrected chi connectivity index (χ4v) is 3.14. The van der Waals surface area contributed by atoms with Gasteiger partial charge in [0.2, 0.25) is 0 Å². The zero-order chi connectivity index (χ0) is 17.0. The molecule has 0 aliphatic heterocycles. The van der Waals surface area contributed by atoms with E-state index in [0.717, 1.165) is 6.42 Å². The molecule has 0 saturated carbocycles. The zero-order valence-electron chi connectivity index (χ0n) is 15.1. The maximum Gasteiger partial charge on any atom is 0.115 e. The number of aromatic hydroxyl groups is 1. The van der Waals surface area contributed by atoms with Crippen LogP contribution >= 0.6 is 0 Å². The van der Waals surface area contributed by atoms with Crippen molar-refractivity contribution in [2.24, 2.45) is 0 Å². The summed E-state index contributed by atoms with van der Waals surface area (Å²) in [4.78, 5) is 0. The Kier molecular flexibility index (Phi) is 8.45. The summed E-state index contributed by atoms with van der Waals surface area (Å²) in [5.41, 5.74) is 4.03. The minimum atomic E-state index is 0.333. The fraction of sp³-hybridized carbons (Fsp3) is 0.478. The number of benzene rings is 2. The van der Waals surface area contributed by atoms with Gasteiger partial charge in [0.15, 0.2) is 0 Å². The van der Waals surface area contributed by atoms with E-state index in [0.29, 0.717) is 5.75 Å². The van der Waals surface area contributed by atoms with E-state index in [9.17, 15) is 5.11 Å². The maximum absolute atomic E-state index is 9.33. The van der Waals surface area contributed by atoms with Crippen LogP contribution in [0.1, 0.15) is 75.0 Å². The highest BCUT2D eigenvalue weighted by Crippen LogP contribution is 2.16. The average Bonchev–Trinajstić information content (AvgIpc) is 2.61. The van der Waals surface area contributed by atoms with Gasteiger partial charge in [-0.05, 0) is 48.1 Å².